The lowest BCUT2D eigenvalue weighted by atomic mass is 10.2. The Morgan fingerprint density at radius 3 is 3.00 bits per heavy atom. The van der Waals surface area contributed by atoms with Crippen LogP contribution in [0, 0.1) is 6.92 Å². The molecule has 0 bridgehead atoms. The minimum atomic E-state index is 0.230. The average Bonchev–Trinajstić information content (AvgIpc) is 2.31. The van der Waals surface area contributed by atoms with Gasteiger partial charge in [0.25, 0.3) is 0 Å². The number of aromatic nitrogens is 2. The van der Waals surface area contributed by atoms with Gasteiger partial charge in [-0.1, -0.05) is 11.6 Å². The fourth-order valence-corrected chi connectivity index (χ4v) is 2.38. The van der Waals surface area contributed by atoms with Crippen LogP contribution < -0.4 is 0 Å². The summed E-state index contributed by atoms with van der Waals surface area (Å²) in [5.74, 6) is 0.751. The van der Waals surface area contributed by atoms with Crippen molar-refractivity contribution in [3.05, 3.63) is 22.2 Å². The van der Waals surface area contributed by atoms with Gasteiger partial charge in [-0.2, -0.15) is 12.6 Å². The Hall–Kier alpha value is -0.280. The summed E-state index contributed by atoms with van der Waals surface area (Å²) in [4.78, 5) is 8.42. The quantitative estimate of drug-likeness (QED) is 0.514. The molecule has 1 unspecified atom stereocenters. The van der Waals surface area contributed by atoms with Crippen molar-refractivity contribution in [2.75, 3.05) is 0 Å². The second-order valence-electron chi connectivity index (χ2n) is 2.98. The Kier molecular flexibility index (Phi) is 2.00. The number of rotatable bonds is 0. The number of nitrogens with zero attached hydrogens (tertiary/aromatic N) is 2. The van der Waals surface area contributed by atoms with Gasteiger partial charge < -0.3 is 0 Å². The van der Waals surface area contributed by atoms with Gasteiger partial charge in [0.15, 0.2) is 0 Å². The van der Waals surface area contributed by atoms with E-state index in [4.69, 9.17) is 11.6 Å². The molecule has 0 fully saturated rings. The van der Waals surface area contributed by atoms with Gasteiger partial charge in [0.2, 0.25) is 0 Å². The highest BCUT2D eigenvalue weighted by molar-refractivity contribution is 7.80. The monoisotopic (exact) mass is 200 g/mol. The molecule has 1 atom stereocenters. The van der Waals surface area contributed by atoms with Crippen LogP contribution >= 0.6 is 24.2 Å². The van der Waals surface area contributed by atoms with Gasteiger partial charge in [-0.25, -0.2) is 9.97 Å². The van der Waals surface area contributed by atoms with Crippen LogP contribution in [0.25, 0.3) is 0 Å². The van der Waals surface area contributed by atoms with E-state index >= 15 is 0 Å². The zero-order valence-electron chi connectivity index (χ0n) is 6.71. The lowest BCUT2D eigenvalue weighted by molar-refractivity contribution is 0.883. The molecule has 0 aliphatic heterocycles. The van der Waals surface area contributed by atoms with Gasteiger partial charge in [0.05, 0.1) is 0 Å². The summed E-state index contributed by atoms with van der Waals surface area (Å²) in [5.41, 5.74) is 2.11. The summed E-state index contributed by atoms with van der Waals surface area (Å²) in [5, 5.41) is 0.808. The summed E-state index contributed by atoms with van der Waals surface area (Å²) >= 11 is 10.4. The number of fused-ring (bicyclic) bond motifs is 1. The first-order chi connectivity index (χ1) is 5.68. The SMILES string of the molecule is Cc1nc(Cl)c2c(n1)CCC2S. The van der Waals surface area contributed by atoms with Crippen molar-refractivity contribution in [2.45, 2.75) is 25.0 Å². The molecule has 12 heavy (non-hydrogen) atoms. The van der Waals surface area contributed by atoms with Gasteiger partial charge in [-0.15, -0.1) is 0 Å². The molecular formula is C8H9ClN2S. The van der Waals surface area contributed by atoms with E-state index in [0.29, 0.717) is 5.15 Å². The van der Waals surface area contributed by atoms with Crippen molar-refractivity contribution in [1.82, 2.24) is 9.97 Å². The van der Waals surface area contributed by atoms with Crippen molar-refractivity contribution < 1.29 is 0 Å². The lowest BCUT2D eigenvalue weighted by Gasteiger charge is -2.05. The first-order valence-electron chi connectivity index (χ1n) is 3.89. The van der Waals surface area contributed by atoms with Crippen LogP contribution in [0.1, 0.15) is 28.8 Å². The number of hydrogen-bond acceptors (Lipinski definition) is 3. The molecule has 1 heterocycles. The molecule has 0 saturated carbocycles. The maximum Gasteiger partial charge on any atom is 0.137 e. The van der Waals surface area contributed by atoms with Crippen molar-refractivity contribution in [3.8, 4) is 0 Å². The lowest BCUT2D eigenvalue weighted by Crippen LogP contribution is -1.97. The van der Waals surface area contributed by atoms with Crippen molar-refractivity contribution >= 4 is 24.2 Å². The molecular weight excluding hydrogens is 192 g/mol. The van der Waals surface area contributed by atoms with Crippen molar-refractivity contribution in [1.29, 1.82) is 0 Å². The molecule has 0 saturated heterocycles. The van der Waals surface area contributed by atoms with E-state index < -0.39 is 0 Å². The average molecular weight is 201 g/mol. The minimum Gasteiger partial charge on any atom is -0.238 e. The second-order valence-corrected chi connectivity index (χ2v) is 3.96. The van der Waals surface area contributed by atoms with Gasteiger partial charge in [0.1, 0.15) is 11.0 Å². The number of hydrogen-bond donors (Lipinski definition) is 1. The Balaban J connectivity index is 2.60. The molecule has 0 amide bonds. The van der Waals surface area contributed by atoms with E-state index in [1.165, 1.54) is 0 Å². The standard InChI is InChI=1S/C8H9ClN2S/c1-4-10-5-2-3-6(12)7(5)8(9)11-4/h6,12H,2-3H2,1H3. The molecule has 1 aromatic rings. The summed E-state index contributed by atoms with van der Waals surface area (Å²) in [6.45, 7) is 1.86. The molecule has 2 rings (SSSR count). The van der Waals surface area contributed by atoms with Crippen LogP contribution in [-0.2, 0) is 6.42 Å². The Labute approximate surface area is 81.8 Å². The third-order valence-corrected chi connectivity index (χ3v) is 2.88. The molecule has 1 aliphatic rings. The van der Waals surface area contributed by atoms with Crippen LogP contribution in [0.15, 0.2) is 0 Å². The maximum atomic E-state index is 5.97. The van der Waals surface area contributed by atoms with Crippen molar-refractivity contribution in [3.63, 3.8) is 0 Å². The van der Waals surface area contributed by atoms with Crippen LogP contribution in [0.2, 0.25) is 5.15 Å². The highest BCUT2D eigenvalue weighted by Crippen LogP contribution is 2.38. The molecule has 4 heteroatoms. The van der Waals surface area contributed by atoms with E-state index in [9.17, 15) is 0 Å². The van der Waals surface area contributed by atoms with Gasteiger partial charge in [0, 0.05) is 16.5 Å². The van der Waals surface area contributed by atoms with Gasteiger partial charge in [-0.05, 0) is 19.8 Å². The van der Waals surface area contributed by atoms with Gasteiger partial charge >= 0.3 is 0 Å². The fourth-order valence-electron chi connectivity index (χ4n) is 1.54. The second kappa shape index (κ2) is 2.89. The predicted molar refractivity (Wildman–Crippen MR) is 51.8 cm³/mol. The van der Waals surface area contributed by atoms with E-state index in [1.54, 1.807) is 0 Å². The first-order valence-corrected chi connectivity index (χ1v) is 4.79. The van der Waals surface area contributed by atoms with E-state index in [0.717, 1.165) is 29.9 Å². The molecule has 64 valence electrons. The van der Waals surface area contributed by atoms with Crippen LogP contribution in [-0.4, -0.2) is 9.97 Å². The largest absolute Gasteiger partial charge is 0.238 e. The molecule has 0 N–H and O–H groups in total. The molecule has 0 aromatic carbocycles. The Morgan fingerprint density at radius 2 is 2.25 bits per heavy atom. The summed E-state index contributed by atoms with van der Waals surface area (Å²) in [6, 6.07) is 0. The Bertz CT molecular complexity index is 327. The highest BCUT2D eigenvalue weighted by Gasteiger charge is 2.24. The Morgan fingerprint density at radius 1 is 1.50 bits per heavy atom. The van der Waals surface area contributed by atoms with E-state index in [2.05, 4.69) is 22.6 Å². The van der Waals surface area contributed by atoms with Crippen LogP contribution in [0.5, 0.6) is 0 Å². The highest BCUT2D eigenvalue weighted by atomic mass is 35.5. The number of aryl methyl sites for hydroxylation is 2. The van der Waals surface area contributed by atoms with Crippen molar-refractivity contribution in [2.24, 2.45) is 0 Å². The summed E-state index contributed by atoms with van der Waals surface area (Å²) in [7, 11) is 0. The normalized spacial score (nSPS) is 21.1. The topological polar surface area (TPSA) is 25.8 Å². The van der Waals surface area contributed by atoms with E-state index in [1.807, 2.05) is 6.92 Å². The summed E-state index contributed by atoms with van der Waals surface area (Å²) in [6.07, 6.45) is 2.00. The molecule has 0 spiro atoms. The minimum absolute atomic E-state index is 0.230. The van der Waals surface area contributed by atoms with Crippen LogP contribution in [0.3, 0.4) is 0 Å². The van der Waals surface area contributed by atoms with Gasteiger partial charge in [-0.3, -0.25) is 0 Å². The van der Waals surface area contributed by atoms with E-state index in [-0.39, 0.29) is 5.25 Å². The number of thiol groups is 1. The molecule has 1 aromatic heterocycles. The fraction of sp³-hybridized carbons (Fsp3) is 0.500. The molecule has 1 aliphatic carbocycles. The predicted octanol–water partition coefficient (Wildman–Crippen LogP) is 2.36. The molecule has 2 nitrogen and oxygen atoms in total. The van der Waals surface area contributed by atoms with Crippen LogP contribution in [0.4, 0.5) is 0 Å². The third-order valence-electron chi connectivity index (χ3n) is 2.08. The first kappa shape index (κ1) is 8.32. The summed E-state index contributed by atoms with van der Waals surface area (Å²) < 4.78 is 0. The third kappa shape index (κ3) is 1.21. The molecule has 0 radical (unpaired) electrons. The smallest absolute Gasteiger partial charge is 0.137 e. The maximum absolute atomic E-state index is 5.97. The zero-order chi connectivity index (χ0) is 8.72. The zero-order valence-corrected chi connectivity index (χ0v) is 8.36. The number of halogens is 1.